The third-order valence-corrected chi connectivity index (χ3v) is 5.54. The zero-order chi connectivity index (χ0) is 21.6. The van der Waals surface area contributed by atoms with Crippen LogP contribution in [0.25, 0.3) is 0 Å². The van der Waals surface area contributed by atoms with E-state index in [-0.39, 0.29) is 18.1 Å². The molecule has 3 rings (SSSR count). The summed E-state index contributed by atoms with van der Waals surface area (Å²) < 4.78 is 38.2. The predicted octanol–water partition coefficient (Wildman–Crippen LogP) is 3.19. The molecule has 0 saturated carbocycles. The van der Waals surface area contributed by atoms with Gasteiger partial charge in [0, 0.05) is 19.0 Å². The topological polar surface area (TPSA) is 83.5 Å². The third kappa shape index (κ3) is 7.23. The highest BCUT2D eigenvalue weighted by atomic mass is 32.2. The van der Waals surface area contributed by atoms with Crippen LogP contribution in [0.2, 0.25) is 0 Å². The van der Waals surface area contributed by atoms with Gasteiger partial charge < -0.3 is 19.1 Å². The van der Waals surface area contributed by atoms with Gasteiger partial charge in [-0.2, -0.15) is 4.21 Å². The summed E-state index contributed by atoms with van der Waals surface area (Å²) in [5, 5.41) is 0. The van der Waals surface area contributed by atoms with Gasteiger partial charge in [-0.25, -0.2) is 4.79 Å². The van der Waals surface area contributed by atoms with Crippen molar-refractivity contribution in [1.82, 2.24) is 4.90 Å². The van der Waals surface area contributed by atoms with E-state index >= 15 is 0 Å². The fourth-order valence-corrected chi connectivity index (χ4v) is 3.91. The number of likely N-dealkylation sites (tertiary alicyclic amines) is 1. The van der Waals surface area contributed by atoms with Crippen LogP contribution in [0.3, 0.4) is 0 Å². The van der Waals surface area contributed by atoms with Crippen LogP contribution in [0, 0.1) is 0 Å². The van der Waals surface area contributed by atoms with Gasteiger partial charge in [-0.15, -0.1) is 0 Å². The molecule has 168 valence electrons. The van der Waals surface area contributed by atoms with Gasteiger partial charge in [0.1, 0.15) is 18.0 Å². The molecule has 8 nitrogen and oxygen atoms in total. The monoisotopic (exact) mass is 441 g/mol. The number of amides is 1. The second-order valence-corrected chi connectivity index (χ2v) is 9.30. The van der Waals surface area contributed by atoms with E-state index in [1.807, 2.05) is 45.0 Å². The van der Waals surface area contributed by atoms with Crippen molar-refractivity contribution in [2.45, 2.75) is 51.2 Å². The van der Waals surface area contributed by atoms with Crippen molar-refractivity contribution in [2.75, 3.05) is 39.5 Å². The Labute approximate surface area is 180 Å². The lowest BCUT2D eigenvalue weighted by Crippen LogP contribution is -2.43. The molecule has 9 heteroatoms. The molecular formula is C21H31NO7S. The average Bonchev–Trinajstić information content (AvgIpc) is 2.71. The molecule has 0 spiro atoms. The summed E-state index contributed by atoms with van der Waals surface area (Å²) in [4.78, 5) is 13.8. The van der Waals surface area contributed by atoms with E-state index in [1.54, 1.807) is 4.90 Å². The second kappa shape index (κ2) is 10.6. The van der Waals surface area contributed by atoms with E-state index < -0.39 is 17.0 Å². The number of rotatable bonds is 6. The molecule has 2 saturated heterocycles. The normalized spacial score (nSPS) is 23.2. The SMILES string of the molecule is CC(C)(C)OC(=O)N1CCC(OCCOc2ccc([C@H]3CO[S@](=O)OC3)cc2)CC1. The van der Waals surface area contributed by atoms with Gasteiger partial charge in [-0.3, -0.25) is 8.37 Å². The van der Waals surface area contributed by atoms with Crippen molar-refractivity contribution in [2.24, 2.45) is 0 Å². The Morgan fingerprint density at radius 3 is 2.33 bits per heavy atom. The summed E-state index contributed by atoms with van der Waals surface area (Å²) in [5.41, 5.74) is 0.588. The van der Waals surface area contributed by atoms with Crippen LogP contribution in [-0.4, -0.2) is 66.4 Å². The lowest BCUT2D eigenvalue weighted by atomic mass is 10.0. The summed E-state index contributed by atoms with van der Waals surface area (Å²) in [5.74, 6) is 0.843. The second-order valence-electron chi connectivity index (χ2n) is 8.43. The van der Waals surface area contributed by atoms with Crippen molar-refractivity contribution in [3.63, 3.8) is 0 Å². The summed E-state index contributed by atoms with van der Waals surface area (Å²) in [7, 11) is 0. The molecule has 1 aromatic carbocycles. The molecular weight excluding hydrogens is 410 g/mol. The number of piperidine rings is 1. The molecule has 0 aromatic heterocycles. The number of ether oxygens (including phenoxy) is 3. The minimum Gasteiger partial charge on any atom is -0.491 e. The number of nitrogens with zero attached hydrogens (tertiary/aromatic N) is 1. The first kappa shape index (κ1) is 23.0. The van der Waals surface area contributed by atoms with Crippen LogP contribution < -0.4 is 4.74 Å². The summed E-state index contributed by atoms with van der Waals surface area (Å²) in [6.45, 7) is 8.62. The molecule has 1 aromatic rings. The number of hydrogen-bond acceptors (Lipinski definition) is 7. The van der Waals surface area contributed by atoms with Gasteiger partial charge in [-0.1, -0.05) is 12.1 Å². The Bertz CT molecular complexity index is 701. The van der Waals surface area contributed by atoms with Gasteiger partial charge in [-0.05, 0) is 51.3 Å². The van der Waals surface area contributed by atoms with Gasteiger partial charge in [0.05, 0.1) is 25.9 Å². The molecule has 1 amide bonds. The van der Waals surface area contributed by atoms with Gasteiger partial charge >= 0.3 is 17.5 Å². The first-order valence-corrected chi connectivity index (χ1v) is 11.3. The molecule has 30 heavy (non-hydrogen) atoms. The van der Waals surface area contributed by atoms with Crippen LogP contribution in [0.15, 0.2) is 24.3 Å². The van der Waals surface area contributed by atoms with E-state index in [4.69, 9.17) is 22.6 Å². The molecule has 2 fully saturated rings. The van der Waals surface area contributed by atoms with E-state index in [0.717, 1.165) is 24.2 Å². The smallest absolute Gasteiger partial charge is 0.410 e. The van der Waals surface area contributed by atoms with Crippen molar-refractivity contribution in [3.8, 4) is 5.75 Å². The molecule has 0 radical (unpaired) electrons. The van der Waals surface area contributed by atoms with E-state index in [2.05, 4.69) is 0 Å². The van der Waals surface area contributed by atoms with E-state index in [1.165, 1.54) is 0 Å². The average molecular weight is 442 g/mol. The predicted molar refractivity (Wildman–Crippen MR) is 112 cm³/mol. The highest BCUT2D eigenvalue weighted by Crippen LogP contribution is 2.24. The number of carbonyl (C=O) groups excluding carboxylic acids is 1. The standard InChI is InChI=1S/C21H31NO7S/c1-21(2,3)29-20(23)22-10-8-19(9-11-22)26-13-12-25-18-6-4-16(5-7-18)17-14-27-30(24)28-15-17/h4-7,17,19H,8-15H2,1-3H3/t17-,30-. The molecule has 0 unspecified atom stereocenters. The highest BCUT2D eigenvalue weighted by molar-refractivity contribution is 7.75. The fraction of sp³-hybridized carbons (Fsp3) is 0.667. The fourth-order valence-electron chi connectivity index (χ4n) is 3.29. The number of benzene rings is 1. The molecule has 2 aliphatic heterocycles. The van der Waals surface area contributed by atoms with Crippen molar-refractivity contribution < 1.29 is 31.6 Å². The van der Waals surface area contributed by atoms with Crippen molar-refractivity contribution >= 4 is 17.5 Å². The number of carbonyl (C=O) groups is 1. The van der Waals surface area contributed by atoms with E-state index in [9.17, 15) is 9.00 Å². The van der Waals surface area contributed by atoms with Crippen LogP contribution in [0.4, 0.5) is 4.79 Å². The summed E-state index contributed by atoms with van der Waals surface area (Å²) in [6.07, 6.45) is 1.47. The third-order valence-electron chi connectivity index (χ3n) is 4.88. The minimum atomic E-state index is -1.62. The van der Waals surface area contributed by atoms with Gasteiger partial charge in [0.2, 0.25) is 0 Å². The zero-order valence-corrected chi connectivity index (χ0v) is 18.7. The molecule has 0 atom stereocenters. The Hall–Kier alpha value is -1.68. The largest absolute Gasteiger partial charge is 0.491 e. The highest BCUT2D eigenvalue weighted by Gasteiger charge is 2.27. The van der Waals surface area contributed by atoms with Crippen LogP contribution in [0.1, 0.15) is 45.1 Å². The van der Waals surface area contributed by atoms with Gasteiger partial charge in [0.15, 0.2) is 0 Å². The maximum atomic E-state index is 12.1. The molecule has 2 heterocycles. The summed E-state index contributed by atoms with van der Waals surface area (Å²) >= 11 is -1.62. The van der Waals surface area contributed by atoms with Crippen LogP contribution in [0.5, 0.6) is 5.75 Å². The lowest BCUT2D eigenvalue weighted by Gasteiger charge is -2.33. The maximum Gasteiger partial charge on any atom is 0.410 e. The Morgan fingerprint density at radius 2 is 1.73 bits per heavy atom. The Kier molecular flexibility index (Phi) is 8.10. The minimum absolute atomic E-state index is 0.0756. The van der Waals surface area contributed by atoms with E-state index in [0.29, 0.717) is 39.5 Å². The van der Waals surface area contributed by atoms with Gasteiger partial charge in [0.25, 0.3) is 0 Å². The Balaban J connectivity index is 1.31. The molecule has 2 aliphatic rings. The lowest BCUT2D eigenvalue weighted by molar-refractivity contribution is -0.0177. The van der Waals surface area contributed by atoms with Crippen molar-refractivity contribution in [3.05, 3.63) is 29.8 Å². The zero-order valence-electron chi connectivity index (χ0n) is 17.8. The Morgan fingerprint density at radius 1 is 1.10 bits per heavy atom. The molecule has 0 N–H and O–H groups in total. The molecule has 0 aliphatic carbocycles. The summed E-state index contributed by atoms with van der Waals surface area (Å²) in [6, 6.07) is 7.74. The maximum absolute atomic E-state index is 12.1. The van der Waals surface area contributed by atoms with Crippen molar-refractivity contribution in [1.29, 1.82) is 0 Å². The first-order valence-electron chi connectivity index (χ1n) is 10.3. The first-order chi connectivity index (χ1) is 14.3. The molecule has 0 bridgehead atoms. The number of hydrogen-bond donors (Lipinski definition) is 0. The van der Waals surface area contributed by atoms with Crippen LogP contribution >= 0.6 is 0 Å². The quantitative estimate of drug-likeness (QED) is 0.627. The van der Waals surface area contributed by atoms with Crippen LogP contribution in [-0.2, 0) is 29.2 Å².